The summed E-state index contributed by atoms with van der Waals surface area (Å²) in [6, 6.07) is 9.11. The molecule has 3 aromatic rings. The van der Waals surface area contributed by atoms with Crippen molar-refractivity contribution in [3.63, 3.8) is 0 Å². The summed E-state index contributed by atoms with van der Waals surface area (Å²) in [6.07, 6.45) is -1.08. The third kappa shape index (κ3) is 4.00. The summed E-state index contributed by atoms with van der Waals surface area (Å²) in [6.45, 7) is 6.70. The van der Waals surface area contributed by atoms with Crippen molar-refractivity contribution in [1.29, 1.82) is 0 Å². The summed E-state index contributed by atoms with van der Waals surface area (Å²) in [5.41, 5.74) is 1.61. The van der Waals surface area contributed by atoms with Crippen LogP contribution in [-0.4, -0.2) is 32.3 Å². The van der Waals surface area contributed by atoms with Gasteiger partial charge in [0.1, 0.15) is 10.6 Å². The molecule has 152 valence electrons. The molecule has 0 bridgehead atoms. The lowest BCUT2D eigenvalue weighted by Crippen LogP contribution is -2.32. The van der Waals surface area contributed by atoms with Gasteiger partial charge < -0.3 is 10.1 Å². The number of rotatable bonds is 5. The Morgan fingerprint density at radius 1 is 1.17 bits per heavy atom. The standard InChI is InChI=1S/C20H22N4O4S/c1-11-17(29-14(4)21-11)20(27)28-13(3)18(25)22-16-12(2)23(5)24(19(16)26)15-9-7-6-8-10-15/h6-10,13H,1-5H3,(H,22,25)/t13-/m1/s1. The molecule has 1 aromatic carbocycles. The first-order valence-electron chi connectivity index (χ1n) is 9.00. The molecule has 0 radical (unpaired) electrons. The third-order valence-electron chi connectivity index (χ3n) is 4.54. The second-order valence-corrected chi connectivity index (χ2v) is 7.82. The molecule has 1 amide bonds. The molecule has 2 heterocycles. The van der Waals surface area contributed by atoms with Crippen molar-refractivity contribution in [1.82, 2.24) is 14.3 Å². The van der Waals surface area contributed by atoms with E-state index in [2.05, 4.69) is 10.3 Å². The average molecular weight is 414 g/mol. The Balaban J connectivity index is 1.79. The van der Waals surface area contributed by atoms with Crippen LogP contribution in [0.1, 0.15) is 33.0 Å². The first-order valence-corrected chi connectivity index (χ1v) is 9.82. The van der Waals surface area contributed by atoms with Crippen LogP contribution in [0.5, 0.6) is 0 Å². The van der Waals surface area contributed by atoms with E-state index in [0.29, 0.717) is 22.0 Å². The number of carbonyl (C=O) groups is 2. The second-order valence-electron chi connectivity index (χ2n) is 6.62. The molecule has 1 atom stereocenters. The largest absolute Gasteiger partial charge is 0.448 e. The van der Waals surface area contributed by atoms with E-state index in [-0.39, 0.29) is 11.2 Å². The van der Waals surface area contributed by atoms with Gasteiger partial charge in [-0.3, -0.25) is 14.3 Å². The number of nitrogens with one attached hydrogen (secondary N) is 1. The van der Waals surface area contributed by atoms with E-state index in [9.17, 15) is 14.4 Å². The summed E-state index contributed by atoms with van der Waals surface area (Å²) in [4.78, 5) is 42.3. The smallest absolute Gasteiger partial charge is 0.351 e. The molecule has 0 unspecified atom stereocenters. The number of hydrogen-bond donors (Lipinski definition) is 1. The molecule has 3 rings (SSSR count). The Labute approximate surface area is 171 Å². The summed E-state index contributed by atoms with van der Waals surface area (Å²) in [5.74, 6) is -1.19. The maximum atomic E-state index is 12.9. The number of anilines is 1. The van der Waals surface area contributed by atoms with Crippen LogP contribution in [0.15, 0.2) is 35.1 Å². The SMILES string of the molecule is Cc1nc(C)c(C(=O)O[C@H](C)C(=O)Nc2c(C)n(C)n(-c3ccccc3)c2=O)s1. The zero-order chi connectivity index (χ0) is 21.3. The van der Waals surface area contributed by atoms with Crippen LogP contribution in [0.4, 0.5) is 5.69 Å². The number of ether oxygens (including phenoxy) is 1. The Bertz CT molecular complexity index is 1130. The maximum Gasteiger partial charge on any atom is 0.351 e. The lowest BCUT2D eigenvalue weighted by atomic mass is 10.3. The molecule has 8 nitrogen and oxygen atoms in total. The van der Waals surface area contributed by atoms with Crippen molar-refractivity contribution in [3.05, 3.63) is 62.0 Å². The van der Waals surface area contributed by atoms with Crippen LogP contribution in [-0.2, 0) is 16.6 Å². The monoisotopic (exact) mass is 414 g/mol. The Morgan fingerprint density at radius 2 is 1.83 bits per heavy atom. The molecule has 0 spiro atoms. The molecule has 0 aliphatic rings. The molecule has 9 heteroatoms. The van der Waals surface area contributed by atoms with E-state index in [4.69, 9.17) is 4.74 Å². The highest BCUT2D eigenvalue weighted by atomic mass is 32.1. The number of amides is 1. The van der Waals surface area contributed by atoms with E-state index in [1.807, 2.05) is 18.2 Å². The van der Waals surface area contributed by atoms with Crippen LogP contribution in [0.25, 0.3) is 5.69 Å². The van der Waals surface area contributed by atoms with Gasteiger partial charge in [-0.05, 0) is 39.8 Å². The van der Waals surface area contributed by atoms with Crippen LogP contribution in [0.2, 0.25) is 0 Å². The molecule has 0 fully saturated rings. The fourth-order valence-electron chi connectivity index (χ4n) is 2.93. The number of aryl methyl sites for hydroxylation is 2. The minimum Gasteiger partial charge on any atom is -0.448 e. The molecule has 29 heavy (non-hydrogen) atoms. The Hall–Kier alpha value is -3.20. The number of benzene rings is 1. The number of nitrogens with zero attached hydrogens (tertiary/aromatic N) is 3. The molecule has 0 saturated heterocycles. The molecule has 2 aromatic heterocycles. The van der Waals surface area contributed by atoms with Gasteiger partial charge >= 0.3 is 5.97 Å². The summed E-state index contributed by atoms with van der Waals surface area (Å²) in [5, 5.41) is 3.35. The normalized spacial score (nSPS) is 11.9. The number of para-hydroxylation sites is 1. The van der Waals surface area contributed by atoms with Gasteiger partial charge in [0, 0.05) is 7.05 Å². The van der Waals surface area contributed by atoms with Crippen molar-refractivity contribution < 1.29 is 14.3 Å². The quantitative estimate of drug-likeness (QED) is 0.648. The van der Waals surface area contributed by atoms with Gasteiger partial charge in [0.05, 0.1) is 22.1 Å². The highest BCUT2D eigenvalue weighted by Gasteiger charge is 2.25. The molecular formula is C20H22N4O4S. The van der Waals surface area contributed by atoms with Gasteiger partial charge in [0.2, 0.25) is 0 Å². The molecule has 0 aliphatic heterocycles. The lowest BCUT2D eigenvalue weighted by Gasteiger charge is -2.12. The van der Waals surface area contributed by atoms with E-state index in [1.165, 1.54) is 22.9 Å². The van der Waals surface area contributed by atoms with Crippen molar-refractivity contribution in [2.75, 3.05) is 5.32 Å². The number of esters is 1. The minimum absolute atomic E-state index is 0.147. The number of thiazole rings is 1. The third-order valence-corrected chi connectivity index (χ3v) is 5.60. The Kier molecular flexibility index (Phi) is 5.69. The van der Waals surface area contributed by atoms with Crippen LogP contribution in [0.3, 0.4) is 0 Å². The van der Waals surface area contributed by atoms with E-state index < -0.39 is 18.0 Å². The second kappa shape index (κ2) is 8.04. The van der Waals surface area contributed by atoms with Crippen LogP contribution >= 0.6 is 11.3 Å². The van der Waals surface area contributed by atoms with Gasteiger partial charge in [-0.15, -0.1) is 11.3 Å². The highest BCUT2D eigenvalue weighted by molar-refractivity contribution is 7.13. The van der Waals surface area contributed by atoms with Crippen molar-refractivity contribution in [2.45, 2.75) is 33.8 Å². The molecule has 0 aliphatic carbocycles. The van der Waals surface area contributed by atoms with E-state index >= 15 is 0 Å². The summed E-state index contributed by atoms with van der Waals surface area (Å²) < 4.78 is 8.39. The zero-order valence-electron chi connectivity index (χ0n) is 16.8. The number of aromatic nitrogens is 3. The zero-order valence-corrected chi connectivity index (χ0v) is 17.7. The average Bonchev–Trinajstić information content (AvgIpc) is 3.13. The van der Waals surface area contributed by atoms with Crippen molar-refractivity contribution >= 4 is 28.9 Å². The molecule has 1 N–H and O–H groups in total. The Morgan fingerprint density at radius 3 is 2.41 bits per heavy atom. The van der Waals surface area contributed by atoms with E-state index in [1.54, 1.807) is 44.6 Å². The first kappa shape index (κ1) is 20.5. The molecule has 0 saturated carbocycles. The van der Waals surface area contributed by atoms with Gasteiger partial charge in [0.25, 0.3) is 11.5 Å². The van der Waals surface area contributed by atoms with Crippen molar-refractivity contribution in [2.24, 2.45) is 7.05 Å². The number of hydrogen-bond acceptors (Lipinski definition) is 6. The number of carbonyl (C=O) groups excluding carboxylic acids is 2. The predicted octanol–water partition coefficient (Wildman–Crippen LogP) is 2.74. The van der Waals surface area contributed by atoms with Gasteiger partial charge in [-0.25, -0.2) is 14.5 Å². The summed E-state index contributed by atoms with van der Waals surface area (Å²) >= 11 is 1.21. The topological polar surface area (TPSA) is 95.2 Å². The van der Waals surface area contributed by atoms with Gasteiger partial charge in [-0.1, -0.05) is 18.2 Å². The van der Waals surface area contributed by atoms with Crippen LogP contribution < -0.4 is 10.9 Å². The predicted molar refractivity (Wildman–Crippen MR) is 111 cm³/mol. The van der Waals surface area contributed by atoms with Gasteiger partial charge in [-0.2, -0.15) is 0 Å². The van der Waals surface area contributed by atoms with Gasteiger partial charge in [0.15, 0.2) is 6.10 Å². The molecular weight excluding hydrogens is 392 g/mol. The van der Waals surface area contributed by atoms with Crippen molar-refractivity contribution in [3.8, 4) is 5.69 Å². The minimum atomic E-state index is -1.08. The fraction of sp³-hybridized carbons (Fsp3) is 0.300. The highest BCUT2D eigenvalue weighted by Crippen LogP contribution is 2.19. The van der Waals surface area contributed by atoms with E-state index in [0.717, 1.165) is 5.01 Å². The van der Waals surface area contributed by atoms with Crippen LogP contribution in [0, 0.1) is 20.8 Å². The maximum absolute atomic E-state index is 12.9. The lowest BCUT2D eigenvalue weighted by molar-refractivity contribution is -0.123. The fourth-order valence-corrected chi connectivity index (χ4v) is 3.73. The summed E-state index contributed by atoms with van der Waals surface area (Å²) in [7, 11) is 1.73. The first-order chi connectivity index (χ1) is 13.7.